The minimum Gasteiger partial charge on any atom is -0.480 e. The number of rotatable bonds is 7. The molecule has 0 spiro atoms. The van der Waals surface area contributed by atoms with Gasteiger partial charge in [0.05, 0.1) is 0 Å². The van der Waals surface area contributed by atoms with Gasteiger partial charge in [-0.2, -0.15) is 0 Å². The second-order valence-corrected chi connectivity index (χ2v) is 10.2. The molecule has 4 rings (SSSR count). The standard InChI is InChI=1S/C27H33N3O6/c1-27(2,3)36-26(34)29-30-14-8-9-17(30)15-23(24(31)32)28-25(33)35-16-22-20-12-6-4-10-18(20)19-11-5-7-13-21(19)22/h4-7,10-13,17,22-23H,8-9,14-16H2,1-3H3,(H,28,33)(H,29,34)(H,31,32). The van der Waals surface area contributed by atoms with Gasteiger partial charge < -0.3 is 19.9 Å². The second kappa shape index (κ2) is 10.6. The van der Waals surface area contributed by atoms with Gasteiger partial charge in [0.25, 0.3) is 0 Å². The highest BCUT2D eigenvalue weighted by atomic mass is 16.6. The van der Waals surface area contributed by atoms with Gasteiger partial charge in [-0.15, -0.1) is 0 Å². The zero-order valence-electron chi connectivity index (χ0n) is 20.8. The molecule has 0 bridgehead atoms. The first-order valence-electron chi connectivity index (χ1n) is 12.2. The van der Waals surface area contributed by atoms with Crippen molar-refractivity contribution in [2.24, 2.45) is 0 Å². The van der Waals surface area contributed by atoms with E-state index < -0.39 is 29.8 Å². The van der Waals surface area contributed by atoms with E-state index in [0.29, 0.717) is 13.0 Å². The Morgan fingerprint density at radius 3 is 2.22 bits per heavy atom. The number of nitrogens with one attached hydrogen (secondary N) is 2. The summed E-state index contributed by atoms with van der Waals surface area (Å²) in [5, 5.41) is 13.9. The molecule has 2 atom stereocenters. The molecule has 0 radical (unpaired) electrons. The van der Waals surface area contributed by atoms with Crippen LogP contribution in [0.25, 0.3) is 11.1 Å². The molecule has 36 heavy (non-hydrogen) atoms. The summed E-state index contributed by atoms with van der Waals surface area (Å²) < 4.78 is 10.8. The van der Waals surface area contributed by atoms with Crippen LogP contribution in [0.2, 0.25) is 0 Å². The fourth-order valence-corrected chi connectivity index (χ4v) is 4.92. The summed E-state index contributed by atoms with van der Waals surface area (Å²) in [6, 6.07) is 14.6. The van der Waals surface area contributed by atoms with Crippen LogP contribution in [-0.4, -0.2) is 59.1 Å². The number of hydrogen-bond acceptors (Lipinski definition) is 6. The Bertz CT molecular complexity index is 1080. The number of hydrogen-bond donors (Lipinski definition) is 3. The van der Waals surface area contributed by atoms with E-state index in [4.69, 9.17) is 9.47 Å². The summed E-state index contributed by atoms with van der Waals surface area (Å²) in [6.45, 7) is 5.98. The van der Waals surface area contributed by atoms with Crippen LogP contribution in [0.3, 0.4) is 0 Å². The third kappa shape index (κ3) is 5.96. The lowest BCUT2D eigenvalue weighted by Crippen LogP contribution is -2.51. The number of carbonyl (C=O) groups excluding carboxylic acids is 2. The third-order valence-electron chi connectivity index (χ3n) is 6.45. The van der Waals surface area contributed by atoms with Crippen molar-refractivity contribution in [2.75, 3.05) is 13.2 Å². The van der Waals surface area contributed by atoms with E-state index in [1.54, 1.807) is 25.8 Å². The molecule has 2 aromatic rings. The van der Waals surface area contributed by atoms with Crippen LogP contribution in [0.15, 0.2) is 48.5 Å². The molecule has 2 aromatic carbocycles. The molecular formula is C27H33N3O6. The van der Waals surface area contributed by atoms with Crippen LogP contribution in [0.4, 0.5) is 9.59 Å². The van der Waals surface area contributed by atoms with E-state index >= 15 is 0 Å². The molecule has 1 saturated heterocycles. The minimum atomic E-state index is -1.16. The van der Waals surface area contributed by atoms with Crippen LogP contribution in [-0.2, 0) is 14.3 Å². The Balaban J connectivity index is 1.35. The minimum absolute atomic E-state index is 0.0992. The molecule has 2 unspecified atom stereocenters. The maximum atomic E-state index is 12.6. The quantitative estimate of drug-likeness (QED) is 0.525. The molecule has 1 fully saturated rings. The van der Waals surface area contributed by atoms with Crippen molar-refractivity contribution in [1.82, 2.24) is 15.8 Å². The second-order valence-electron chi connectivity index (χ2n) is 10.2. The number of alkyl carbamates (subject to hydrolysis) is 1. The first-order chi connectivity index (χ1) is 17.1. The Labute approximate surface area is 210 Å². The summed E-state index contributed by atoms with van der Waals surface area (Å²) in [5.41, 5.74) is 6.44. The Morgan fingerprint density at radius 1 is 1.03 bits per heavy atom. The highest BCUT2D eigenvalue weighted by molar-refractivity contribution is 5.81. The first kappa shape index (κ1) is 25.5. The maximum absolute atomic E-state index is 12.6. The van der Waals surface area contributed by atoms with Crippen LogP contribution in [0.1, 0.15) is 57.1 Å². The number of fused-ring (bicyclic) bond motifs is 3. The summed E-state index contributed by atoms with van der Waals surface area (Å²) in [7, 11) is 0. The van der Waals surface area contributed by atoms with Gasteiger partial charge in [-0.25, -0.2) is 19.4 Å². The normalized spacial score (nSPS) is 18.1. The largest absolute Gasteiger partial charge is 0.480 e. The number of amides is 2. The average Bonchev–Trinajstić information content (AvgIpc) is 3.37. The van der Waals surface area contributed by atoms with E-state index in [1.807, 2.05) is 48.5 Å². The number of carbonyl (C=O) groups is 3. The first-order valence-corrected chi connectivity index (χ1v) is 12.2. The maximum Gasteiger partial charge on any atom is 0.422 e. The molecule has 3 N–H and O–H groups in total. The smallest absolute Gasteiger partial charge is 0.422 e. The zero-order valence-corrected chi connectivity index (χ0v) is 20.8. The van der Waals surface area contributed by atoms with Crippen molar-refractivity contribution in [2.45, 2.75) is 63.6 Å². The summed E-state index contributed by atoms with van der Waals surface area (Å²) >= 11 is 0. The highest BCUT2D eigenvalue weighted by Crippen LogP contribution is 2.44. The third-order valence-corrected chi connectivity index (χ3v) is 6.45. The number of aliphatic carboxylic acids is 1. The predicted molar refractivity (Wildman–Crippen MR) is 133 cm³/mol. The number of nitrogens with zero attached hydrogens (tertiary/aromatic N) is 1. The molecule has 192 valence electrons. The van der Waals surface area contributed by atoms with Crippen molar-refractivity contribution in [3.05, 3.63) is 59.7 Å². The Hall–Kier alpha value is -3.59. The van der Waals surface area contributed by atoms with Crippen LogP contribution < -0.4 is 10.7 Å². The fourth-order valence-electron chi connectivity index (χ4n) is 4.92. The van der Waals surface area contributed by atoms with Gasteiger partial charge >= 0.3 is 18.2 Å². The van der Waals surface area contributed by atoms with Gasteiger partial charge in [0.2, 0.25) is 0 Å². The Morgan fingerprint density at radius 2 is 1.64 bits per heavy atom. The van der Waals surface area contributed by atoms with Crippen molar-refractivity contribution in [3.63, 3.8) is 0 Å². The SMILES string of the molecule is CC(C)(C)OC(=O)NN1CCCC1CC(NC(=O)OCC1c2ccccc2-c2ccccc21)C(=O)O. The van der Waals surface area contributed by atoms with E-state index in [1.165, 1.54) is 0 Å². The van der Waals surface area contributed by atoms with Gasteiger partial charge in [-0.1, -0.05) is 48.5 Å². The number of benzene rings is 2. The van der Waals surface area contributed by atoms with Gasteiger partial charge in [-0.05, 0) is 62.3 Å². The van der Waals surface area contributed by atoms with Crippen LogP contribution in [0, 0.1) is 0 Å². The monoisotopic (exact) mass is 495 g/mol. The molecule has 1 aliphatic heterocycles. The topological polar surface area (TPSA) is 117 Å². The van der Waals surface area contributed by atoms with Crippen molar-refractivity contribution < 1.29 is 29.0 Å². The molecule has 0 aromatic heterocycles. The number of carboxylic acids is 1. The van der Waals surface area contributed by atoms with Gasteiger partial charge in [0.1, 0.15) is 18.2 Å². The van der Waals surface area contributed by atoms with Crippen molar-refractivity contribution in [3.8, 4) is 11.1 Å². The highest BCUT2D eigenvalue weighted by Gasteiger charge is 2.34. The molecule has 9 nitrogen and oxygen atoms in total. The lowest BCUT2D eigenvalue weighted by Gasteiger charge is -2.28. The molecule has 9 heteroatoms. The molecule has 0 saturated carbocycles. The molecule has 2 amide bonds. The summed E-state index contributed by atoms with van der Waals surface area (Å²) in [5.74, 6) is -1.28. The zero-order chi connectivity index (χ0) is 25.9. The van der Waals surface area contributed by atoms with E-state index in [9.17, 15) is 19.5 Å². The lowest BCUT2D eigenvalue weighted by atomic mass is 9.98. The lowest BCUT2D eigenvalue weighted by molar-refractivity contribution is -0.139. The average molecular weight is 496 g/mol. The van der Waals surface area contributed by atoms with Gasteiger partial charge in [-0.3, -0.25) is 5.43 Å². The van der Waals surface area contributed by atoms with E-state index in [0.717, 1.165) is 28.7 Å². The van der Waals surface area contributed by atoms with Crippen LogP contribution in [0.5, 0.6) is 0 Å². The van der Waals surface area contributed by atoms with Gasteiger partial charge in [0.15, 0.2) is 0 Å². The molecule has 1 heterocycles. The number of ether oxygens (including phenoxy) is 2. The van der Waals surface area contributed by atoms with Gasteiger partial charge in [0, 0.05) is 18.5 Å². The van der Waals surface area contributed by atoms with Crippen molar-refractivity contribution >= 4 is 18.2 Å². The molecular weight excluding hydrogens is 462 g/mol. The van der Waals surface area contributed by atoms with E-state index in [2.05, 4.69) is 10.7 Å². The Kier molecular flexibility index (Phi) is 7.49. The number of hydrazine groups is 1. The molecule has 2 aliphatic rings. The molecule has 1 aliphatic carbocycles. The van der Waals surface area contributed by atoms with E-state index in [-0.39, 0.29) is 25.0 Å². The predicted octanol–water partition coefficient (Wildman–Crippen LogP) is 4.27. The number of carboxylic acid groups (broad SMARTS) is 1. The summed E-state index contributed by atoms with van der Waals surface area (Å²) in [6.07, 6.45) is 0.221. The van der Waals surface area contributed by atoms with Crippen molar-refractivity contribution in [1.29, 1.82) is 0 Å². The van der Waals surface area contributed by atoms with Crippen LogP contribution >= 0.6 is 0 Å². The summed E-state index contributed by atoms with van der Waals surface area (Å²) in [4.78, 5) is 36.7. The fraction of sp³-hybridized carbons (Fsp3) is 0.444.